The molecule has 0 aromatic rings. The number of hydrogen-bond acceptors (Lipinski definition) is 1. The molecular formula is C9H14ClN. The Labute approximate surface area is 73.5 Å². The van der Waals surface area contributed by atoms with E-state index in [9.17, 15) is 0 Å². The summed E-state index contributed by atoms with van der Waals surface area (Å²) < 4.78 is 0. The molecule has 0 saturated carbocycles. The van der Waals surface area contributed by atoms with Crippen molar-refractivity contribution in [2.45, 2.75) is 20.8 Å². The lowest BCUT2D eigenvalue weighted by atomic mass is 10.1. The molecule has 0 aliphatic carbocycles. The maximum absolute atomic E-state index is 5.77. The fraction of sp³-hybridized carbons (Fsp3) is 0.444. The molecule has 0 spiro atoms. The van der Waals surface area contributed by atoms with Gasteiger partial charge in [0.1, 0.15) is 0 Å². The predicted molar refractivity (Wildman–Crippen MR) is 52.1 cm³/mol. The van der Waals surface area contributed by atoms with E-state index in [4.69, 9.17) is 11.6 Å². The van der Waals surface area contributed by atoms with Crippen molar-refractivity contribution in [3.8, 4) is 0 Å². The highest BCUT2D eigenvalue weighted by atomic mass is 35.5. The summed E-state index contributed by atoms with van der Waals surface area (Å²) in [5.41, 5.74) is 1.25. The van der Waals surface area contributed by atoms with Gasteiger partial charge in [0.05, 0.1) is 5.03 Å². The van der Waals surface area contributed by atoms with Crippen LogP contribution < -0.4 is 0 Å². The molecule has 0 unspecified atom stereocenters. The van der Waals surface area contributed by atoms with Gasteiger partial charge in [-0.25, -0.2) is 0 Å². The summed E-state index contributed by atoms with van der Waals surface area (Å²) in [6, 6.07) is 0. The van der Waals surface area contributed by atoms with Crippen LogP contribution in [-0.4, -0.2) is 6.72 Å². The molecule has 62 valence electrons. The van der Waals surface area contributed by atoms with Crippen molar-refractivity contribution < 1.29 is 0 Å². The van der Waals surface area contributed by atoms with Crippen molar-refractivity contribution >= 4 is 18.3 Å². The van der Waals surface area contributed by atoms with E-state index in [0.29, 0.717) is 11.0 Å². The van der Waals surface area contributed by atoms with Crippen LogP contribution in [0.4, 0.5) is 0 Å². The summed E-state index contributed by atoms with van der Waals surface area (Å²) in [6.07, 6.45) is 3.44. The van der Waals surface area contributed by atoms with E-state index < -0.39 is 0 Å². The van der Waals surface area contributed by atoms with E-state index in [1.54, 1.807) is 0 Å². The van der Waals surface area contributed by atoms with E-state index in [1.807, 2.05) is 13.0 Å². The van der Waals surface area contributed by atoms with Crippen molar-refractivity contribution in [3.05, 3.63) is 22.9 Å². The van der Waals surface area contributed by atoms with Gasteiger partial charge >= 0.3 is 0 Å². The van der Waals surface area contributed by atoms with Crippen LogP contribution in [0.1, 0.15) is 20.8 Å². The fourth-order valence-electron chi connectivity index (χ4n) is 0.509. The number of halogens is 1. The molecule has 0 saturated heterocycles. The number of hydrogen-bond donors (Lipinski definition) is 0. The summed E-state index contributed by atoms with van der Waals surface area (Å²) in [4.78, 5) is 3.56. The zero-order valence-electron chi connectivity index (χ0n) is 7.26. The maximum atomic E-state index is 5.77. The number of aliphatic imine (C=N–C) groups is 1. The second-order valence-corrected chi connectivity index (χ2v) is 3.18. The van der Waals surface area contributed by atoms with E-state index in [-0.39, 0.29) is 0 Å². The SMILES string of the molecule is C=N/C=C(Cl)\C=C(/C)C(C)C. The zero-order valence-corrected chi connectivity index (χ0v) is 8.02. The molecule has 0 N–H and O–H groups in total. The second kappa shape index (κ2) is 5.14. The Hall–Kier alpha value is -0.560. The molecular weight excluding hydrogens is 158 g/mol. The first-order chi connectivity index (χ1) is 5.07. The Morgan fingerprint density at radius 2 is 2.09 bits per heavy atom. The van der Waals surface area contributed by atoms with Gasteiger partial charge in [0.2, 0.25) is 0 Å². The molecule has 0 fully saturated rings. The summed E-state index contributed by atoms with van der Waals surface area (Å²) in [5.74, 6) is 0.530. The fourth-order valence-corrected chi connectivity index (χ4v) is 0.750. The Kier molecular flexibility index (Phi) is 4.88. The quantitative estimate of drug-likeness (QED) is 0.456. The van der Waals surface area contributed by atoms with Crippen molar-refractivity contribution in [1.29, 1.82) is 0 Å². The lowest BCUT2D eigenvalue weighted by molar-refractivity contribution is 0.769. The van der Waals surface area contributed by atoms with E-state index in [1.165, 1.54) is 11.8 Å². The van der Waals surface area contributed by atoms with Gasteiger partial charge in [0, 0.05) is 6.20 Å². The number of allylic oxidation sites excluding steroid dienone is 3. The van der Waals surface area contributed by atoms with Gasteiger partial charge in [-0.15, -0.1) is 0 Å². The molecule has 0 rings (SSSR count). The molecule has 0 aliphatic heterocycles. The molecule has 0 heterocycles. The molecule has 0 aliphatic rings. The molecule has 0 radical (unpaired) electrons. The van der Waals surface area contributed by atoms with Gasteiger partial charge in [-0.1, -0.05) is 31.0 Å². The Bertz CT molecular complexity index is 190. The van der Waals surface area contributed by atoms with Crippen molar-refractivity contribution in [2.24, 2.45) is 10.9 Å². The summed E-state index contributed by atoms with van der Waals surface area (Å²) in [7, 11) is 0. The maximum Gasteiger partial charge on any atom is 0.0588 e. The Balaban J connectivity index is 4.30. The number of rotatable bonds is 3. The van der Waals surface area contributed by atoms with Gasteiger partial charge in [-0.3, -0.25) is 4.99 Å². The smallest absolute Gasteiger partial charge is 0.0588 e. The van der Waals surface area contributed by atoms with Gasteiger partial charge in [0.15, 0.2) is 0 Å². The lowest BCUT2D eigenvalue weighted by Crippen LogP contribution is -1.87. The standard InChI is InChI=1S/C9H14ClN/c1-7(2)8(3)5-9(10)6-11-4/h5-7H,4H2,1-3H3/b8-5+,9-6+. The minimum atomic E-state index is 0.530. The van der Waals surface area contributed by atoms with Crippen molar-refractivity contribution in [1.82, 2.24) is 0 Å². The first kappa shape index (κ1) is 10.4. The van der Waals surface area contributed by atoms with E-state index in [0.717, 1.165) is 0 Å². The molecule has 0 aromatic heterocycles. The summed E-state index contributed by atoms with van der Waals surface area (Å²) in [5, 5.41) is 0.631. The third kappa shape index (κ3) is 4.79. The van der Waals surface area contributed by atoms with Crippen LogP contribution in [0, 0.1) is 5.92 Å². The van der Waals surface area contributed by atoms with Crippen LogP contribution >= 0.6 is 11.6 Å². The van der Waals surface area contributed by atoms with Crippen LogP contribution in [0.5, 0.6) is 0 Å². The zero-order chi connectivity index (χ0) is 8.85. The topological polar surface area (TPSA) is 12.4 Å². The molecule has 0 aromatic carbocycles. The summed E-state index contributed by atoms with van der Waals surface area (Å²) >= 11 is 5.77. The third-order valence-electron chi connectivity index (χ3n) is 1.49. The second-order valence-electron chi connectivity index (χ2n) is 2.74. The van der Waals surface area contributed by atoms with Gasteiger partial charge in [-0.05, 0) is 25.6 Å². The predicted octanol–water partition coefficient (Wildman–Crippen LogP) is 3.37. The molecule has 2 heteroatoms. The molecule has 1 nitrogen and oxygen atoms in total. The Morgan fingerprint density at radius 1 is 1.55 bits per heavy atom. The summed E-state index contributed by atoms with van der Waals surface area (Å²) in [6.45, 7) is 9.60. The molecule has 0 bridgehead atoms. The molecule has 0 atom stereocenters. The van der Waals surface area contributed by atoms with Crippen LogP contribution in [0.3, 0.4) is 0 Å². The van der Waals surface area contributed by atoms with Gasteiger partial charge < -0.3 is 0 Å². The highest BCUT2D eigenvalue weighted by Crippen LogP contribution is 2.13. The van der Waals surface area contributed by atoms with Crippen molar-refractivity contribution in [3.63, 3.8) is 0 Å². The largest absolute Gasteiger partial charge is 0.271 e. The normalized spacial score (nSPS) is 13.9. The monoisotopic (exact) mass is 171 g/mol. The van der Waals surface area contributed by atoms with E-state index in [2.05, 4.69) is 25.6 Å². The minimum Gasteiger partial charge on any atom is -0.271 e. The highest BCUT2D eigenvalue weighted by molar-refractivity contribution is 6.31. The minimum absolute atomic E-state index is 0.530. The number of nitrogens with zero attached hydrogens (tertiary/aromatic N) is 1. The molecule has 0 amide bonds. The third-order valence-corrected chi connectivity index (χ3v) is 1.70. The van der Waals surface area contributed by atoms with Gasteiger partial charge in [-0.2, -0.15) is 0 Å². The first-order valence-electron chi connectivity index (χ1n) is 3.57. The Morgan fingerprint density at radius 3 is 2.45 bits per heavy atom. The van der Waals surface area contributed by atoms with Crippen LogP contribution in [-0.2, 0) is 0 Å². The van der Waals surface area contributed by atoms with Crippen LogP contribution in [0.2, 0.25) is 0 Å². The van der Waals surface area contributed by atoms with Crippen LogP contribution in [0.15, 0.2) is 27.9 Å². The first-order valence-corrected chi connectivity index (χ1v) is 3.95. The average Bonchev–Trinajstić information content (AvgIpc) is 1.87. The van der Waals surface area contributed by atoms with E-state index >= 15 is 0 Å². The average molecular weight is 172 g/mol. The van der Waals surface area contributed by atoms with Crippen LogP contribution in [0.25, 0.3) is 0 Å². The molecule has 11 heavy (non-hydrogen) atoms. The highest BCUT2D eigenvalue weighted by Gasteiger charge is 1.95. The van der Waals surface area contributed by atoms with Gasteiger partial charge in [0.25, 0.3) is 0 Å². The van der Waals surface area contributed by atoms with Crippen molar-refractivity contribution in [2.75, 3.05) is 0 Å². The lowest BCUT2D eigenvalue weighted by Gasteiger charge is -2.02.